The van der Waals surface area contributed by atoms with Gasteiger partial charge in [-0.05, 0) is 36.4 Å². The molecule has 0 radical (unpaired) electrons. The highest BCUT2D eigenvalue weighted by atomic mass is 16.5. The summed E-state index contributed by atoms with van der Waals surface area (Å²) in [6, 6.07) is 13.2. The monoisotopic (exact) mass is 365 g/mol. The first kappa shape index (κ1) is 17.9. The Bertz CT molecular complexity index is 1070. The number of amides is 2. The molecule has 0 atom stereocenters. The Kier molecular flexibility index (Phi) is 5.27. The van der Waals surface area contributed by atoms with Crippen molar-refractivity contribution in [1.82, 2.24) is 5.43 Å². The quantitative estimate of drug-likeness (QED) is 0.417. The largest absolute Gasteiger partial charge is 0.497 e. The summed E-state index contributed by atoms with van der Waals surface area (Å²) >= 11 is 0. The minimum Gasteiger partial charge on any atom is -0.497 e. The van der Waals surface area contributed by atoms with Crippen molar-refractivity contribution in [2.45, 2.75) is 0 Å². The van der Waals surface area contributed by atoms with E-state index in [9.17, 15) is 14.4 Å². The number of nitrogens with one attached hydrogen (secondary N) is 2. The third-order valence-corrected chi connectivity index (χ3v) is 3.63. The fourth-order valence-corrected chi connectivity index (χ4v) is 2.26. The molecule has 1 aromatic heterocycles. The predicted octanol–water partition coefficient (Wildman–Crippen LogP) is 1.89. The van der Waals surface area contributed by atoms with Crippen LogP contribution < -0.4 is 20.9 Å². The Morgan fingerprint density at radius 3 is 2.56 bits per heavy atom. The first-order valence-electron chi connectivity index (χ1n) is 7.87. The summed E-state index contributed by atoms with van der Waals surface area (Å²) < 4.78 is 10.3. The van der Waals surface area contributed by atoms with Gasteiger partial charge >= 0.3 is 11.8 Å². The fraction of sp³-hybridized carbons (Fsp3) is 0.0526. The van der Waals surface area contributed by atoms with Crippen molar-refractivity contribution in [3.8, 4) is 5.75 Å². The van der Waals surface area contributed by atoms with E-state index in [-0.39, 0.29) is 11.0 Å². The summed E-state index contributed by atoms with van der Waals surface area (Å²) in [5.41, 5.74) is 2.78. The lowest BCUT2D eigenvalue weighted by atomic mass is 10.2. The Morgan fingerprint density at radius 1 is 1.07 bits per heavy atom. The minimum atomic E-state index is -0.979. The number of nitrogens with zero attached hydrogens (tertiary/aromatic N) is 1. The summed E-state index contributed by atoms with van der Waals surface area (Å²) in [4.78, 5) is 35.9. The van der Waals surface area contributed by atoms with Gasteiger partial charge in [-0.15, -0.1) is 0 Å². The minimum absolute atomic E-state index is 0.143. The maximum atomic E-state index is 12.3. The molecule has 0 unspecified atom stereocenters. The van der Waals surface area contributed by atoms with Crippen molar-refractivity contribution < 1.29 is 18.7 Å². The highest BCUT2D eigenvalue weighted by Gasteiger charge is 2.13. The van der Waals surface area contributed by atoms with Gasteiger partial charge in [-0.3, -0.25) is 14.4 Å². The molecule has 2 amide bonds. The van der Waals surface area contributed by atoms with Gasteiger partial charge in [0, 0.05) is 5.69 Å². The van der Waals surface area contributed by atoms with E-state index in [1.165, 1.54) is 13.4 Å². The highest BCUT2D eigenvalue weighted by molar-refractivity contribution is 6.39. The van der Waals surface area contributed by atoms with Crippen LogP contribution in [0.1, 0.15) is 5.56 Å². The van der Waals surface area contributed by atoms with E-state index in [1.807, 2.05) is 0 Å². The smallest absolute Gasteiger partial charge is 0.329 e. The molecule has 1 heterocycles. The number of para-hydroxylation sites is 1. The second kappa shape index (κ2) is 7.96. The average Bonchev–Trinajstić information content (AvgIpc) is 2.70. The van der Waals surface area contributed by atoms with Crippen molar-refractivity contribution in [2.24, 2.45) is 5.10 Å². The third-order valence-electron chi connectivity index (χ3n) is 3.63. The van der Waals surface area contributed by atoms with E-state index < -0.39 is 11.8 Å². The zero-order chi connectivity index (χ0) is 19.2. The molecule has 8 heteroatoms. The number of carbonyl (C=O) groups excluding carboxylic acids is 2. The summed E-state index contributed by atoms with van der Waals surface area (Å²) in [7, 11) is 1.52. The lowest BCUT2D eigenvalue weighted by molar-refractivity contribution is -0.136. The summed E-state index contributed by atoms with van der Waals surface area (Å²) in [6.45, 7) is 0. The highest BCUT2D eigenvalue weighted by Crippen LogP contribution is 2.14. The van der Waals surface area contributed by atoms with Gasteiger partial charge in [-0.25, -0.2) is 5.43 Å². The van der Waals surface area contributed by atoms with E-state index in [0.29, 0.717) is 22.4 Å². The zero-order valence-electron chi connectivity index (χ0n) is 14.3. The molecule has 0 saturated heterocycles. The number of hydrazone groups is 1. The topological polar surface area (TPSA) is 110 Å². The van der Waals surface area contributed by atoms with E-state index >= 15 is 0 Å². The van der Waals surface area contributed by atoms with Crippen LogP contribution in [0.3, 0.4) is 0 Å². The Labute approximate surface area is 153 Å². The molecule has 8 nitrogen and oxygen atoms in total. The first-order valence-corrected chi connectivity index (χ1v) is 7.87. The number of methoxy groups -OCH3 is 1. The van der Waals surface area contributed by atoms with Gasteiger partial charge in [0.1, 0.15) is 17.6 Å². The molecular formula is C19H15N3O5. The van der Waals surface area contributed by atoms with Gasteiger partial charge in [-0.2, -0.15) is 5.10 Å². The predicted molar refractivity (Wildman–Crippen MR) is 99.8 cm³/mol. The third kappa shape index (κ3) is 4.18. The second-order valence-electron chi connectivity index (χ2n) is 5.40. The van der Waals surface area contributed by atoms with Crippen LogP contribution in [-0.4, -0.2) is 25.1 Å². The Balaban J connectivity index is 1.63. The molecule has 3 aromatic rings. The molecule has 2 N–H and O–H groups in total. The van der Waals surface area contributed by atoms with Gasteiger partial charge in [0.15, 0.2) is 0 Å². The summed E-state index contributed by atoms with van der Waals surface area (Å²) in [5, 5.41) is 6.44. The van der Waals surface area contributed by atoms with Gasteiger partial charge < -0.3 is 14.5 Å². The molecule has 0 spiro atoms. The molecule has 0 fully saturated rings. The molecule has 0 saturated carbocycles. The normalized spacial score (nSPS) is 10.7. The molecule has 2 aromatic carbocycles. The molecule has 3 rings (SSSR count). The SMILES string of the molecule is COc1ccc(NC(=O)C(=O)NN=Cc2coc3ccccc3c2=O)cc1. The van der Waals surface area contributed by atoms with E-state index in [1.54, 1.807) is 48.5 Å². The van der Waals surface area contributed by atoms with Gasteiger partial charge in [0.25, 0.3) is 0 Å². The van der Waals surface area contributed by atoms with E-state index in [4.69, 9.17) is 9.15 Å². The molecule has 27 heavy (non-hydrogen) atoms. The molecular weight excluding hydrogens is 350 g/mol. The number of fused-ring (bicyclic) bond motifs is 1. The fourth-order valence-electron chi connectivity index (χ4n) is 2.26. The second-order valence-corrected chi connectivity index (χ2v) is 5.40. The lowest BCUT2D eigenvalue weighted by Gasteiger charge is -2.05. The number of rotatable bonds is 4. The average molecular weight is 365 g/mol. The van der Waals surface area contributed by atoms with Crippen LogP contribution in [0, 0.1) is 0 Å². The zero-order valence-corrected chi connectivity index (χ0v) is 14.3. The standard InChI is InChI=1S/C19H15N3O5/c1-26-14-8-6-13(7-9-14)21-18(24)19(25)22-20-10-12-11-27-16-5-3-2-4-15(16)17(12)23/h2-11H,1H3,(H,21,24)(H,22,25). The van der Waals surface area contributed by atoms with Gasteiger partial charge in [0.2, 0.25) is 5.43 Å². The Hall–Kier alpha value is -3.94. The van der Waals surface area contributed by atoms with E-state index in [0.717, 1.165) is 6.21 Å². The van der Waals surface area contributed by atoms with E-state index in [2.05, 4.69) is 15.8 Å². The molecule has 136 valence electrons. The number of carbonyl (C=O) groups is 2. The maximum Gasteiger partial charge on any atom is 0.329 e. The van der Waals surface area contributed by atoms with Gasteiger partial charge in [0.05, 0.1) is 24.3 Å². The number of benzene rings is 2. The van der Waals surface area contributed by atoms with Crippen molar-refractivity contribution >= 4 is 34.7 Å². The first-order chi connectivity index (χ1) is 13.1. The van der Waals surface area contributed by atoms with Crippen LogP contribution in [0.25, 0.3) is 11.0 Å². The lowest BCUT2D eigenvalue weighted by Crippen LogP contribution is -2.32. The Morgan fingerprint density at radius 2 is 1.81 bits per heavy atom. The van der Waals surface area contributed by atoms with Crippen LogP contribution in [0.5, 0.6) is 5.75 Å². The van der Waals surface area contributed by atoms with Crippen molar-refractivity contribution in [1.29, 1.82) is 0 Å². The van der Waals surface area contributed by atoms with Crippen molar-refractivity contribution in [2.75, 3.05) is 12.4 Å². The molecule has 0 bridgehead atoms. The van der Waals surface area contributed by atoms with Crippen molar-refractivity contribution in [3.63, 3.8) is 0 Å². The number of hydrogen-bond acceptors (Lipinski definition) is 6. The maximum absolute atomic E-state index is 12.3. The van der Waals surface area contributed by atoms with Gasteiger partial charge in [-0.1, -0.05) is 12.1 Å². The molecule has 0 aliphatic rings. The van der Waals surface area contributed by atoms with Crippen LogP contribution in [0.15, 0.2) is 69.1 Å². The van der Waals surface area contributed by atoms with Crippen LogP contribution in [-0.2, 0) is 9.59 Å². The number of ether oxygens (including phenoxy) is 1. The number of hydrogen-bond donors (Lipinski definition) is 2. The molecule has 0 aliphatic carbocycles. The number of anilines is 1. The summed E-state index contributed by atoms with van der Waals surface area (Å²) in [6.07, 6.45) is 2.36. The molecule has 0 aliphatic heterocycles. The van der Waals surface area contributed by atoms with Crippen LogP contribution in [0.2, 0.25) is 0 Å². The summed E-state index contributed by atoms with van der Waals surface area (Å²) in [5.74, 6) is -1.26. The van der Waals surface area contributed by atoms with Crippen molar-refractivity contribution in [3.05, 3.63) is 70.6 Å². The van der Waals surface area contributed by atoms with Crippen LogP contribution in [0.4, 0.5) is 5.69 Å². The van der Waals surface area contributed by atoms with Crippen LogP contribution >= 0.6 is 0 Å².